The maximum absolute atomic E-state index is 10.3. The van der Waals surface area contributed by atoms with E-state index >= 15 is 0 Å². The van der Waals surface area contributed by atoms with E-state index in [-0.39, 0.29) is 18.1 Å². The van der Waals surface area contributed by atoms with E-state index in [9.17, 15) is 5.11 Å². The third kappa shape index (κ3) is 2.25. The van der Waals surface area contributed by atoms with Crippen LogP contribution in [0.1, 0.15) is 15.6 Å². The normalized spacial score (nSPS) is 14.9. The molecule has 1 aromatic carbocycles. The SMILES string of the molecule is COc1ccccc1N1CC(O)=C(c2nc(C)c(C)s2)C1=N. The second-order valence-corrected chi connectivity index (χ2v) is 6.29. The number of para-hydroxylation sites is 2. The second-order valence-electron chi connectivity index (χ2n) is 5.09. The van der Waals surface area contributed by atoms with Crippen LogP contribution in [-0.4, -0.2) is 29.6 Å². The van der Waals surface area contributed by atoms with Crippen molar-refractivity contribution >= 4 is 28.4 Å². The Bertz CT molecular complexity index is 760. The van der Waals surface area contributed by atoms with E-state index in [1.807, 2.05) is 38.1 Å². The van der Waals surface area contributed by atoms with E-state index in [1.54, 1.807) is 12.0 Å². The molecular weight excluding hydrogens is 298 g/mol. The zero-order valence-corrected chi connectivity index (χ0v) is 13.5. The van der Waals surface area contributed by atoms with E-state index < -0.39 is 0 Å². The lowest BCUT2D eigenvalue weighted by atomic mass is 10.2. The molecule has 2 heterocycles. The Hall–Kier alpha value is -2.34. The summed E-state index contributed by atoms with van der Waals surface area (Å²) in [4.78, 5) is 7.29. The average Bonchev–Trinajstić information content (AvgIpc) is 2.98. The van der Waals surface area contributed by atoms with Crippen LogP contribution in [0.2, 0.25) is 0 Å². The molecule has 1 aliphatic heterocycles. The third-order valence-corrected chi connectivity index (χ3v) is 4.81. The molecule has 0 saturated heterocycles. The first-order chi connectivity index (χ1) is 10.5. The average molecular weight is 315 g/mol. The van der Waals surface area contributed by atoms with Gasteiger partial charge in [0.05, 0.1) is 30.6 Å². The summed E-state index contributed by atoms with van der Waals surface area (Å²) in [6.07, 6.45) is 0. The number of nitrogens with one attached hydrogen (secondary N) is 1. The molecule has 0 unspecified atom stereocenters. The highest BCUT2D eigenvalue weighted by Crippen LogP contribution is 2.37. The summed E-state index contributed by atoms with van der Waals surface area (Å²) < 4.78 is 5.35. The highest BCUT2D eigenvalue weighted by Gasteiger charge is 2.32. The molecule has 0 fully saturated rings. The van der Waals surface area contributed by atoms with Crippen molar-refractivity contribution in [1.82, 2.24) is 4.98 Å². The lowest BCUT2D eigenvalue weighted by molar-refractivity contribution is 0.407. The van der Waals surface area contributed by atoms with Gasteiger partial charge in [0.25, 0.3) is 0 Å². The Morgan fingerprint density at radius 2 is 2.05 bits per heavy atom. The van der Waals surface area contributed by atoms with Crippen molar-refractivity contribution in [1.29, 1.82) is 5.41 Å². The summed E-state index contributed by atoms with van der Waals surface area (Å²) in [5.74, 6) is 1.09. The minimum atomic E-state index is 0.171. The lowest BCUT2D eigenvalue weighted by Crippen LogP contribution is -2.26. The van der Waals surface area contributed by atoms with Crippen molar-refractivity contribution in [3.8, 4) is 5.75 Å². The molecule has 114 valence electrons. The van der Waals surface area contributed by atoms with E-state index in [0.29, 0.717) is 16.3 Å². The number of amidine groups is 1. The van der Waals surface area contributed by atoms with Crippen LogP contribution >= 0.6 is 11.3 Å². The van der Waals surface area contributed by atoms with Gasteiger partial charge in [-0.3, -0.25) is 5.41 Å². The van der Waals surface area contributed by atoms with Crippen LogP contribution in [-0.2, 0) is 0 Å². The van der Waals surface area contributed by atoms with Gasteiger partial charge >= 0.3 is 0 Å². The summed E-state index contributed by atoms with van der Waals surface area (Å²) >= 11 is 1.50. The maximum atomic E-state index is 10.3. The van der Waals surface area contributed by atoms with Gasteiger partial charge in [0.15, 0.2) is 0 Å². The molecule has 0 atom stereocenters. The van der Waals surface area contributed by atoms with Crippen molar-refractivity contribution in [3.63, 3.8) is 0 Å². The number of nitrogens with zero attached hydrogens (tertiary/aromatic N) is 2. The Morgan fingerprint density at radius 3 is 2.68 bits per heavy atom. The van der Waals surface area contributed by atoms with Crippen molar-refractivity contribution in [2.75, 3.05) is 18.6 Å². The number of aliphatic hydroxyl groups excluding tert-OH is 1. The number of benzene rings is 1. The van der Waals surface area contributed by atoms with E-state index in [4.69, 9.17) is 10.1 Å². The van der Waals surface area contributed by atoms with Crippen molar-refractivity contribution < 1.29 is 9.84 Å². The molecule has 1 aliphatic rings. The fourth-order valence-electron chi connectivity index (χ4n) is 2.44. The summed E-state index contributed by atoms with van der Waals surface area (Å²) in [5, 5.41) is 19.5. The number of hydrogen-bond donors (Lipinski definition) is 2. The van der Waals surface area contributed by atoms with Gasteiger partial charge in [-0.15, -0.1) is 11.3 Å². The fourth-order valence-corrected chi connectivity index (χ4v) is 3.42. The van der Waals surface area contributed by atoms with Crippen LogP contribution < -0.4 is 9.64 Å². The highest BCUT2D eigenvalue weighted by molar-refractivity contribution is 7.13. The molecule has 0 radical (unpaired) electrons. The molecule has 5 nitrogen and oxygen atoms in total. The number of rotatable bonds is 3. The Balaban J connectivity index is 2.00. The van der Waals surface area contributed by atoms with Gasteiger partial charge in [-0.1, -0.05) is 12.1 Å². The first kappa shape index (κ1) is 14.6. The predicted octanol–water partition coefficient (Wildman–Crippen LogP) is 3.54. The smallest absolute Gasteiger partial charge is 0.142 e. The van der Waals surface area contributed by atoms with Gasteiger partial charge in [-0.25, -0.2) is 4.98 Å². The summed E-state index contributed by atoms with van der Waals surface area (Å²) in [6, 6.07) is 7.49. The number of hydrogen-bond acceptors (Lipinski definition) is 5. The van der Waals surface area contributed by atoms with Crippen molar-refractivity contribution in [2.45, 2.75) is 13.8 Å². The van der Waals surface area contributed by atoms with E-state index in [2.05, 4.69) is 4.98 Å². The van der Waals surface area contributed by atoms with Crippen LogP contribution in [0.25, 0.3) is 5.57 Å². The summed E-state index contributed by atoms with van der Waals surface area (Å²) in [7, 11) is 1.60. The molecule has 0 bridgehead atoms. The van der Waals surface area contributed by atoms with Gasteiger partial charge in [-0.05, 0) is 26.0 Å². The quantitative estimate of drug-likeness (QED) is 0.909. The van der Waals surface area contributed by atoms with Gasteiger partial charge in [0.1, 0.15) is 22.4 Å². The molecule has 2 N–H and O–H groups in total. The van der Waals surface area contributed by atoms with E-state index in [1.165, 1.54) is 11.3 Å². The third-order valence-electron chi connectivity index (χ3n) is 3.72. The molecule has 2 aromatic rings. The zero-order chi connectivity index (χ0) is 15.9. The van der Waals surface area contributed by atoms with Gasteiger partial charge < -0.3 is 14.7 Å². The highest BCUT2D eigenvalue weighted by atomic mass is 32.1. The van der Waals surface area contributed by atoms with E-state index in [0.717, 1.165) is 16.3 Å². The minimum absolute atomic E-state index is 0.171. The molecule has 3 rings (SSSR count). The lowest BCUT2D eigenvalue weighted by Gasteiger charge is -2.20. The Kier molecular flexibility index (Phi) is 3.62. The van der Waals surface area contributed by atoms with Crippen molar-refractivity contribution in [3.05, 3.63) is 45.6 Å². The second kappa shape index (κ2) is 5.46. The first-order valence-corrected chi connectivity index (χ1v) is 7.70. The molecule has 0 saturated carbocycles. The van der Waals surface area contributed by atoms with Crippen LogP contribution in [0.4, 0.5) is 5.69 Å². The van der Waals surface area contributed by atoms with Gasteiger partial charge in [0.2, 0.25) is 0 Å². The topological polar surface area (TPSA) is 69.4 Å². The number of methoxy groups -OCH3 is 1. The summed E-state index contributed by atoms with van der Waals surface area (Å²) in [6.45, 7) is 4.18. The number of aromatic nitrogens is 1. The van der Waals surface area contributed by atoms with Crippen LogP contribution in [0.5, 0.6) is 5.75 Å². The van der Waals surface area contributed by atoms with Crippen LogP contribution in [0, 0.1) is 19.3 Å². The van der Waals surface area contributed by atoms with Crippen molar-refractivity contribution in [2.24, 2.45) is 0 Å². The molecular formula is C16H17N3O2S. The van der Waals surface area contributed by atoms with Crippen LogP contribution in [0.15, 0.2) is 30.0 Å². The zero-order valence-electron chi connectivity index (χ0n) is 12.7. The molecule has 0 spiro atoms. The monoisotopic (exact) mass is 315 g/mol. The Morgan fingerprint density at radius 1 is 1.32 bits per heavy atom. The minimum Gasteiger partial charge on any atom is -0.510 e. The number of aryl methyl sites for hydroxylation is 2. The Labute approximate surface area is 133 Å². The fraction of sp³-hybridized carbons (Fsp3) is 0.250. The molecule has 6 heteroatoms. The number of thiazole rings is 1. The number of ether oxygens (including phenoxy) is 1. The molecule has 22 heavy (non-hydrogen) atoms. The number of anilines is 1. The molecule has 0 amide bonds. The van der Waals surface area contributed by atoms with Crippen LogP contribution in [0.3, 0.4) is 0 Å². The standard InChI is InChI=1S/C16H17N3O2S/c1-9-10(2)22-16(18-9)14-12(20)8-19(15(14)17)11-6-4-5-7-13(11)21-3/h4-7,17,20H,8H2,1-3H3. The first-order valence-electron chi connectivity index (χ1n) is 6.89. The van der Waals surface area contributed by atoms with Gasteiger partial charge in [-0.2, -0.15) is 0 Å². The summed E-state index contributed by atoms with van der Waals surface area (Å²) in [5.41, 5.74) is 2.21. The largest absolute Gasteiger partial charge is 0.510 e. The molecule has 1 aromatic heterocycles. The van der Waals surface area contributed by atoms with Gasteiger partial charge in [0, 0.05) is 4.88 Å². The predicted molar refractivity (Wildman–Crippen MR) is 89.2 cm³/mol. The maximum Gasteiger partial charge on any atom is 0.142 e. The molecule has 0 aliphatic carbocycles. The number of aliphatic hydroxyl groups is 1.